The van der Waals surface area contributed by atoms with Gasteiger partial charge in [-0.3, -0.25) is 4.90 Å². The Bertz CT molecular complexity index is 410. The van der Waals surface area contributed by atoms with Gasteiger partial charge in [0.15, 0.2) is 5.84 Å². The molecule has 0 saturated carbocycles. The van der Waals surface area contributed by atoms with Crippen LogP contribution >= 0.6 is 22.9 Å². The van der Waals surface area contributed by atoms with Crippen LogP contribution in [-0.2, 0) is 11.3 Å². The van der Waals surface area contributed by atoms with E-state index in [1.54, 1.807) is 11.3 Å². The molecule has 0 radical (unpaired) electrons. The molecule has 3 N–H and O–H groups in total. The van der Waals surface area contributed by atoms with Crippen molar-refractivity contribution in [3.05, 3.63) is 21.3 Å². The van der Waals surface area contributed by atoms with E-state index in [9.17, 15) is 0 Å². The van der Waals surface area contributed by atoms with Crippen molar-refractivity contribution in [3.8, 4) is 0 Å². The van der Waals surface area contributed by atoms with Crippen molar-refractivity contribution < 1.29 is 9.94 Å². The highest BCUT2D eigenvalue weighted by Gasteiger charge is 2.24. The molecule has 2 rings (SSSR count). The Hall–Kier alpha value is -0.820. The second-order valence-corrected chi connectivity index (χ2v) is 5.62. The van der Waals surface area contributed by atoms with E-state index in [2.05, 4.69) is 10.1 Å². The summed E-state index contributed by atoms with van der Waals surface area (Å²) in [6, 6.07) is 3.91. The van der Waals surface area contributed by atoms with E-state index in [1.807, 2.05) is 12.1 Å². The van der Waals surface area contributed by atoms with Crippen molar-refractivity contribution >= 4 is 28.8 Å². The van der Waals surface area contributed by atoms with E-state index in [4.69, 9.17) is 27.3 Å². The summed E-state index contributed by atoms with van der Waals surface area (Å²) in [4.78, 5) is 3.41. The van der Waals surface area contributed by atoms with Gasteiger partial charge in [0.25, 0.3) is 0 Å². The highest BCUT2D eigenvalue weighted by atomic mass is 35.5. The van der Waals surface area contributed by atoms with Crippen molar-refractivity contribution in [1.29, 1.82) is 0 Å². The summed E-state index contributed by atoms with van der Waals surface area (Å²) < 4.78 is 6.22. The lowest BCUT2D eigenvalue weighted by molar-refractivity contribution is 0.00178. The molecule has 2 heterocycles. The third-order valence-corrected chi connectivity index (χ3v) is 3.82. The number of thiophene rings is 1. The van der Waals surface area contributed by atoms with E-state index < -0.39 is 0 Å². The van der Waals surface area contributed by atoms with E-state index in [-0.39, 0.29) is 11.9 Å². The summed E-state index contributed by atoms with van der Waals surface area (Å²) in [6.45, 7) is 2.87. The Morgan fingerprint density at radius 2 is 2.53 bits per heavy atom. The van der Waals surface area contributed by atoms with Crippen LogP contribution in [0.3, 0.4) is 0 Å². The van der Waals surface area contributed by atoms with Crippen molar-refractivity contribution in [2.75, 3.05) is 19.7 Å². The highest BCUT2D eigenvalue weighted by molar-refractivity contribution is 7.16. The van der Waals surface area contributed by atoms with Gasteiger partial charge in [0.05, 0.1) is 10.9 Å². The summed E-state index contributed by atoms with van der Waals surface area (Å²) in [5.74, 6) is 0.124. The standard InChI is InChI=1S/C10H14ClN3O2S/c11-9-2-1-7(17-9)5-14-3-4-16-8(6-14)10(12)13-15/h1-2,8,15H,3-6H2,(H2,12,13). The first-order valence-electron chi connectivity index (χ1n) is 5.24. The Balaban J connectivity index is 1.93. The Morgan fingerprint density at radius 1 is 1.71 bits per heavy atom. The minimum absolute atomic E-state index is 0.124. The number of rotatable bonds is 3. The van der Waals surface area contributed by atoms with Crippen molar-refractivity contribution in [1.82, 2.24) is 4.90 Å². The second kappa shape index (κ2) is 5.68. The Kier molecular flexibility index (Phi) is 4.22. The molecular formula is C10H14ClN3O2S. The Morgan fingerprint density at radius 3 is 3.18 bits per heavy atom. The molecule has 1 saturated heterocycles. The van der Waals surface area contributed by atoms with Crippen LogP contribution in [0.15, 0.2) is 17.3 Å². The predicted octanol–water partition coefficient (Wildman–Crippen LogP) is 1.35. The number of hydrogen-bond acceptors (Lipinski definition) is 5. The largest absolute Gasteiger partial charge is 0.409 e. The number of halogens is 1. The molecule has 17 heavy (non-hydrogen) atoms. The van der Waals surface area contributed by atoms with Gasteiger partial charge in [-0.05, 0) is 12.1 Å². The van der Waals surface area contributed by atoms with Crippen LogP contribution in [0.25, 0.3) is 0 Å². The minimum Gasteiger partial charge on any atom is -0.409 e. The number of amidine groups is 1. The van der Waals surface area contributed by atoms with Crippen LogP contribution in [0.2, 0.25) is 4.34 Å². The van der Waals surface area contributed by atoms with Crippen LogP contribution in [0.1, 0.15) is 4.88 Å². The van der Waals surface area contributed by atoms with Gasteiger partial charge < -0.3 is 15.7 Å². The summed E-state index contributed by atoms with van der Waals surface area (Å²) in [5, 5.41) is 11.6. The SMILES string of the molecule is NC(=NO)C1CN(Cc2ccc(Cl)s2)CCO1. The lowest BCUT2D eigenvalue weighted by Gasteiger charge is -2.31. The predicted molar refractivity (Wildman–Crippen MR) is 67.8 cm³/mol. The van der Waals surface area contributed by atoms with E-state index >= 15 is 0 Å². The molecule has 94 valence electrons. The van der Waals surface area contributed by atoms with Gasteiger partial charge in [0.2, 0.25) is 0 Å². The molecule has 0 spiro atoms. The average Bonchev–Trinajstić information content (AvgIpc) is 2.74. The zero-order chi connectivity index (χ0) is 12.3. The van der Waals surface area contributed by atoms with Crippen LogP contribution in [0.4, 0.5) is 0 Å². The first kappa shape index (κ1) is 12.6. The number of nitrogens with two attached hydrogens (primary N) is 1. The molecule has 5 nitrogen and oxygen atoms in total. The van der Waals surface area contributed by atoms with Gasteiger partial charge >= 0.3 is 0 Å². The van der Waals surface area contributed by atoms with Gasteiger partial charge in [-0.1, -0.05) is 16.8 Å². The fourth-order valence-electron chi connectivity index (χ4n) is 1.75. The van der Waals surface area contributed by atoms with Gasteiger partial charge in [-0.15, -0.1) is 11.3 Å². The first-order valence-corrected chi connectivity index (χ1v) is 6.44. The maximum atomic E-state index is 8.62. The third-order valence-electron chi connectivity index (χ3n) is 2.60. The van der Waals surface area contributed by atoms with Crippen LogP contribution < -0.4 is 5.73 Å². The molecular weight excluding hydrogens is 262 g/mol. The van der Waals surface area contributed by atoms with E-state index in [0.717, 1.165) is 17.4 Å². The van der Waals surface area contributed by atoms with Crippen molar-refractivity contribution in [2.24, 2.45) is 10.9 Å². The molecule has 0 bridgehead atoms. The summed E-state index contributed by atoms with van der Waals surface area (Å²) in [6.07, 6.45) is -0.329. The van der Waals surface area contributed by atoms with Gasteiger partial charge in [0, 0.05) is 24.5 Å². The summed E-state index contributed by atoms with van der Waals surface area (Å²) in [7, 11) is 0. The number of ether oxygens (including phenoxy) is 1. The summed E-state index contributed by atoms with van der Waals surface area (Å²) in [5.41, 5.74) is 5.54. The third kappa shape index (κ3) is 3.32. The highest BCUT2D eigenvalue weighted by Crippen LogP contribution is 2.23. The molecule has 1 atom stereocenters. The zero-order valence-electron chi connectivity index (χ0n) is 9.17. The number of hydrogen-bond donors (Lipinski definition) is 2. The minimum atomic E-state index is -0.329. The van der Waals surface area contributed by atoms with Crippen LogP contribution in [-0.4, -0.2) is 41.7 Å². The fourth-order valence-corrected chi connectivity index (χ4v) is 2.88. The first-order chi connectivity index (χ1) is 8.19. The van der Waals surface area contributed by atoms with E-state index in [0.29, 0.717) is 13.2 Å². The van der Waals surface area contributed by atoms with Crippen molar-refractivity contribution in [3.63, 3.8) is 0 Å². The topological polar surface area (TPSA) is 71.1 Å². The molecule has 1 aliphatic heterocycles. The molecule has 0 aromatic carbocycles. The molecule has 1 aromatic rings. The quantitative estimate of drug-likeness (QED) is 0.378. The normalized spacial score (nSPS) is 22.9. The number of oxime groups is 1. The van der Waals surface area contributed by atoms with Crippen LogP contribution in [0, 0.1) is 0 Å². The van der Waals surface area contributed by atoms with Crippen LogP contribution in [0.5, 0.6) is 0 Å². The van der Waals surface area contributed by atoms with Gasteiger partial charge in [-0.25, -0.2) is 0 Å². The van der Waals surface area contributed by atoms with Crippen molar-refractivity contribution in [2.45, 2.75) is 12.6 Å². The molecule has 1 aliphatic rings. The molecule has 7 heteroatoms. The molecule has 1 aromatic heterocycles. The molecule has 1 unspecified atom stereocenters. The lowest BCUT2D eigenvalue weighted by atomic mass is 10.2. The van der Waals surface area contributed by atoms with Gasteiger partial charge in [-0.2, -0.15) is 0 Å². The fraction of sp³-hybridized carbons (Fsp3) is 0.500. The monoisotopic (exact) mass is 275 g/mol. The lowest BCUT2D eigenvalue weighted by Crippen LogP contribution is -2.47. The molecule has 1 fully saturated rings. The Labute approximate surface area is 108 Å². The number of morpholine rings is 1. The van der Waals surface area contributed by atoms with Gasteiger partial charge in [0.1, 0.15) is 6.10 Å². The maximum Gasteiger partial charge on any atom is 0.169 e. The smallest absolute Gasteiger partial charge is 0.169 e. The average molecular weight is 276 g/mol. The molecule has 0 aliphatic carbocycles. The molecule has 0 amide bonds. The number of nitrogens with zero attached hydrogens (tertiary/aromatic N) is 2. The van der Waals surface area contributed by atoms with E-state index in [1.165, 1.54) is 4.88 Å². The maximum absolute atomic E-state index is 8.62. The summed E-state index contributed by atoms with van der Waals surface area (Å²) >= 11 is 7.45. The zero-order valence-corrected chi connectivity index (χ0v) is 10.7. The second-order valence-electron chi connectivity index (χ2n) is 3.83.